The number of nitrogens with one attached hydrogen (secondary N) is 1. The number of β-amino-alcohol motifs (C(OH)–C–C–N with tert-alkyl or cyclic N) is 1. The van der Waals surface area contributed by atoms with Crippen molar-refractivity contribution in [3.8, 4) is 0 Å². The Morgan fingerprint density at radius 3 is 2.74 bits per heavy atom. The number of aliphatic hydroxyl groups is 1. The largest absolute Gasteiger partial charge is 0.389 e. The Hall–Kier alpha value is -1.59. The molecule has 4 rings (SSSR count). The highest BCUT2D eigenvalue weighted by Gasteiger charge is 2.43. The molecule has 2 saturated heterocycles. The molecule has 3 fully saturated rings. The number of carbonyl (C=O) groups excluding carboxylic acids is 1. The molecule has 4 atom stereocenters. The number of nitrogens with zero attached hydrogens (tertiary/aromatic N) is 1. The lowest BCUT2D eigenvalue weighted by molar-refractivity contribution is -0.147. The van der Waals surface area contributed by atoms with Crippen molar-refractivity contribution >= 4 is 15.9 Å². The van der Waals surface area contributed by atoms with Gasteiger partial charge in [0, 0.05) is 12.6 Å². The molecule has 2 aliphatic heterocycles. The van der Waals surface area contributed by atoms with E-state index < -0.39 is 34.1 Å². The van der Waals surface area contributed by atoms with Gasteiger partial charge in [0.1, 0.15) is 5.82 Å². The van der Waals surface area contributed by atoms with Crippen molar-refractivity contribution in [1.29, 1.82) is 0 Å². The molecule has 1 aromatic carbocycles. The molecule has 1 aromatic rings. The van der Waals surface area contributed by atoms with Gasteiger partial charge >= 0.3 is 0 Å². The number of ether oxygens (including phenoxy) is 2. The van der Waals surface area contributed by atoms with E-state index >= 15 is 0 Å². The number of hydrogen-bond acceptors (Lipinski definition) is 6. The maximum atomic E-state index is 13.7. The molecular weight excluding hydrogens is 427 g/mol. The van der Waals surface area contributed by atoms with Gasteiger partial charge in [0.25, 0.3) is 0 Å². The van der Waals surface area contributed by atoms with E-state index in [1.54, 1.807) is 0 Å². The molecule has 0 bridgehead atoms. The fraction of sp³-hybridized carbons (Fsp3) is 0.667. The molecule has 8 nitrogen and oxygen atoms in total. The van der Waals surface area contributed by atoms with Crippen LogP contribution in [0.4, 0.5) is 4.39 Å². The Balaban J connectivity index is 1.49. The molecule has 2 heterocycles. The summed E-state index contributed by atoms with van der Waals surface area (Å²) in [5, 5.41) is 13.2. The first-order valence-electron chi connectivity index (χ1n) is 10.8. The maximum absolute atomic E-state index is 13.7. The van der Waals surface area contributed by atoms with E-state index in [0.717, 1.165) is 25.3 Å². The Morgan fingerprint density at radius 1 is 1.23 bits per heavy atom. The van der Waals surface area contributed by atoms with Gasteiger partial charge in [-0.15, -0.1) is 0 Å². The van der Waals surface area contributed by atoms with Crippen LogP contribution in [0.25, 0.3) is 0 Å². The first kappa shape index (κ1) is 22.6. The van der Waals surface area contributed by atoms with Crippen LogP contribution in [0, 0.1) is 5.82 Å². The third-order valence-electron chi connectivity index (χ3n) is 6.22. The summed E-state index contributed by atoms with van der Waals surface area (Å²) in [6.07, 6.45) is 2.42. The normalized spacial score (nSPS) is 30.5. The molecule has 1 amide bonds. The van der Waals surface area contributed by atoms with Crippen molar-refractivity contribution in [3.63, 3.8) is 0 Å². The standard InChI is InChI=1S/C21H29FN2O6S/c22-14-3-1-6-18(9-14)31(27,28)24-11-16(25)12-29-13-20-19(24)8-7-17(30-20)10-21(26)23-15-4-2-5-15/h1,3,6,9,15-17,19-20,25H,2,4-5,7-8,10-13H2,(H,23,26)/t16-,17+,19+,20-/m0/s1. The molecule has 10 heteroatoms. The van der Waals surface area contributed by atoms with Gasteiger partial charge in [-0.2, -0.15) is 4.31 Å². The van der Waals surface area contributed by atoms with Gasteiger partial charge in [-0.25, -0.2) is 12.8 Å². The van der Waals surface area contributed by atoms with Crippen LogP contribution in [-0.2, 0) is 24.3 Å². The summed E-state index contributed by atoms with van der Waals surface area (Å²) in [4.78, 5) is 12.1. The van der Waals surface area contributed by atoms with Crippen LogP contribution in [-0.4, -0.2) is 73.9 Å². The van der Waals surface area contributed by atoms with Gasteiger partial charge in [-0.3, -0.25) is 4.79 Å². The quantitative estimate of drug-likeness (QED) is 0.690. The van der Waals surface area contributed by atoms with E-state index in [1.807, 2.05) is 0 Å². The van der Waals surface area contributed by atoms with Crippen LogP contribution in [0.1, 0.15) is 38.5 Å². The zero-order valence-electron chi connectivity index (χ0n) is 17.3. The Morgan fingerprint density at radius 2 is 2.03 bits per heavy atom. The molecule has 0 radical (unpaired) electrons. The van der Waals surface area contributed by atoms with E-state index in [0.29, 0.717) is 12.8 Å². The van der Waals surface area contributed by atoms with E-state index in [-0.39, 0.29) is 49.1 Å². The third kappa shape index (κ3) is 5.25. The topological polar surface area (TPSA) is 105 Å². The lowest BCUT2D eigenvalue weighted by Gasteiger charge is -2.43. The van der Waals surface area contributed by atoms with Crippen LogP contribution in [0.15, 0.2) is 29.2 Å². The third-order valence-corrected chi connectivity index (χ3v) is 8.11. The molecule has 0 aromatic heterocycles. The van der Waals surface area contributed by atoms with Gasteiger partial charge in [0.15, 0.2) is 0 Å². The molecule has 2 N–H and O–H groups in total. The number of benzene rings is 1. The number of fused-ring (bicyclic) bond motifs is 1. The summed E-state index contributed by atoms with van der Waals surface area (Å²) in [5.41, 5.74) is 0. The summed E-state index contributed by atoms with van der Waals surface area (Å²) in [7, 11) is -4.06. The first-order valence-corrected chi connectivity index (χ1v) is 12.2. The van der Waals surface area contributed by atoms with Gasteiger partial charge in [-0.1, -0.05) is 6.07 Å². The fourth-order valence-corrected chi connectivity index (χ4v) is 6.13. The molecule has 0 unspecified atom stereocenters. The summed E-state index contributed by atoms with van der Waals surface area (Å²) < 4.78 is 53.2. The SMILES string of the molecule is O=C(C[C@H]1CC[C@@H]2[C@H](COC[C@@H](O)CN2S(=O)(=O)c2cccc(F)c2)O1)NC1CCC1. The monoisotopic (exact) mass is 456 g/mol. The maximum Gasteiger partial charge on any atom is 0.243 e. The van der Waals surface area contributed by atoms with Crippen molar-refractivity contribution in [1.82, 2.24) is 9.62 Å². The second kappa shape index (κ2) is 9.50. The van der Waals surface area contributed by atoms with Crippen molar-refractivity contribution < 1.29 is 32.2 Å². The summed E-state index contributed by atoms with van der Waals surface area (Å²) in [6, 6.07) is 4.52. The number of rotatable bonds is 5. The highest BCUT2D eigenvalue weighted by Crippen LogP contribution is 2.31. The number of sulfonamides is 1. The fourth-order valence-electron chi connectivity index (χ4n) is 4.38. The van der Waals surface area contributed by atoms with Gasteiger partial charge in [0.2, 0.25) is 15.9 Å². The number of halogens is 1. The zero-order chi connectivity index (χ0) is 22.0. The predicted octanol–water partition coefficient (Wildman–Crippen LogP) is 1.18. The van der Waals surface area contributed by atoms with Gasteiger partial charge in [0.05, 0.1) is 48.9 Å². The van der Waals surface area contributed by atoms with Gasteiger partial charge in [-0.05, 0) is 50.3 Å². The lowest BCUT2D eigenvalue weighted by Crippen LogP contribution is -2.57. The summed E-state index contributed by atoms with van der Waals surface area (Å²) in [5.74, 6) is -0.703. The van der Waals surface area contributed by atoms with Gasteiger partial charge < -0.3 is 19.9 Å². The second-order valence-electron chi connectivity index (χ2n) is 8.56. The number of amides is 1. The highest BCUT2D eigenvalue weighted by atomic mass is 32.2. The summed E-state index contributed by atoms with van der Waals surface area (Å²) >= 11 is 0. The van der Waals surface area contributed by atoms with Crippen LogP contribution in [0.3, 0.4) is 0 Å². The molecule has 3 aliphatic rings. The van der Waals surface area contributed by atoms with E-state index in [9.17, 15) is 22.7 Å². The average molecular weight is 457 g/mol. The highest BCUT2D eigenvalue weighted by molar-refractivity contribution is 7.89. The molecule has 0 spiro atoms. The minimum absolute atomic E-state index is 0.0332. The van der Waals surface area contributed by atoms with Crippen LogP contribution in [0.5, 0.6) is 0 Å². The molecule has 172 valence electrons. The number of hydrogen-bond donors (Lipinski definition) is 2. The van der Waals surface area contributed by atoms with Crippen molar-refractivity contribution in [2.75, 3.05) is 19.8 Å². The second-order valence-corrected chi connectivity index (χ2v) is 10.5. The lowest BCUT2D eigenvalue weighted by atomic mass is 9.92. The molecule has 31 heavy (non-hydrogen) atoms. The van der Waals surface area contributed by atoms with Crippen LogP contribution < -0.4 is 5.32 Å². The van der Waals surface area contributed by atoms with Crippen LogP contribution >= 0.6 is 0 Å². The van der Waals surface area contributed by atoms with Crippen LogP contribution in [0.2, 0.25) is 0 Å². The van der Waals surface area contributed by atoms with E-state index in [1.165, 1.54) is 22.5 Å². The average Bonchev–Trinajstić information content (AvgIpc) is 2.68. The van der Waals surface area contributed by atoms with E-state index in [2.05, 4.69) is 5.32 Å². The van der Waals surface area contributed by atoms with Crippen molar-refractivity contribution in [2.45, 2.75) is 73.8 Å². The number of aliphatic hydroxyl groups excluding tert-OH is 1. The minimum atomic E-state index is -4.06. The Labute approximate surface area is 181 Å². The number of carbonyl (C=O) groups is 1. The molecule has 1 saturated carbocycles. The molecular formula is C21H29FN2O6S. The Bertz CT molecular complexity index is 894. The minimum Gasteiger partial charge on any atom is -0.389 e. The van der Waals surface area contributed by atoms with Crippen molar-refractivity contribution in [3.05, 3.63) is 30.1 Å². The van der Waals surface area contributed by atoms with E-state index in [4.69, 9.17) is 9.47 Å². The Kier molecular flexibility index (Phi) is 6.92. The molecule has 1 aliphatic carbocycles. The zero-order valence-corrected chi connectivity index (χ0v) is 18.1. The van der Waals surface area contributed by atoms with Crippen molar-refractivity contribution in [2.24, 2.45) is 0 Å². The smallest absolute Gasteiger partial charge is 0.243 e. The first-order chi connectivity index (χ1) is 14.8. The predicted molar refractivity (Wildman–Crippen MR) is 109 cm³/mol. The summed E-state index contributed by atoms with van der Waals surface area (Å²) in [6.45, 7) is -0.0948.